The highest BCUT2D eigenvalue weighted by molar-refractivity contribution is 6.02. The Morgan fingerprint density at radius 1 is 1.26 bits per heavy atom. The molecule has 0 saturated heterocycles. The minimum absolute atomic E-state index is 0.00744. The Balaban J connectivity index is 2.07. The van der Waals surface area contributed by atoms with Crippen molar-refractivity contribution in [3.05, 3.63) is 29.6 Å². The second kappa shape index (κ2) is 5.38. The number of nitrogens with two attached hydrogens (primary N) is 1. The maximum absolute atomic E-state index is 12.9. The van der Waals surface area contributed by atoms with Gasteiger partial charge in [-0.2, -0.15) is 0 Å². The van der Waals surface area contributed by atoms with Gasteiger partial charge in [0.15, 0.2) is 0 Å². The molecule has 1 aromatic rings. The zero-order chi connectivity index (χ0) is 14.0. The number of hydrogen-bond acceptors (Lipinski definition) is 3. The average molecular weight is 264 g/mol. The molecule has 0 atom stereocenters. The van der Waals surface area contributed by atoms with Crippen molar-refractivity contribution in [3.63, 3.8) is 0 Å². The number of amides is 1. The molecule has 0 spiro atoms. The minimum atomic E-state index is -0.522. The predicted octanol–water partition coefficient (Wildman–Crippen LogP) is 2.19. The lowest BCUT2D eigenvalue weighted by atomic mass is 9.78. The van der Waals surface area contributed by atoms with Crippen LogP contribution in [0.3, 0.4) is 0 Å². The number of hydrogen-bond donors (Lipinski definition) is 3. The van der Waals surface area contributed by atoms with Crippen LogP contribution in [0.15, 0.2) is 18.2 Å². The zero-order valence-corrected chi connectivity index (χ0v) is 10.5. The highest BCUT2D eigenvalue weighted by atomic mass is 19.1. The van der Waals surface area contributed by atoms with Crippen LogP contribution >= 0.6 is 0 Å². The van der Waals surface area contributed by atoms with Gasteiger partial charge in [-0.15, -0.1) is 0 Å². The summed E-state index contributed by atoms with van der Waals surface area (Å²) >= 11 is 0. The highest BCUT2D eigenvalue weighted by Gasteiger charge is 2.28. The quantitative estimate of drug-likeness (QED) is 0.731. The number of nitrogens with one attached hydrogen (secondary N) is 1. The fourth-order valence-electron chi connectivity index (χ4n) is 2.62. The van der Waals surface area contributed by atoms with Gasteiger partial charge in [-0.05, 0) is 37.8 Å². The number of phenolic OH excluding ortho intramolecular Hbond substituents is 1. The van der Waals surface area contributed by atoms with Crippen LogP contribution in [-0.2, 0) is 4.79 Å². The first kappa shape index (κ1) is 13.5. The van der Waals surface area contributed by atoms with Crippen LogP contribution in [0.5, 0.6) is 5.75 Å². The van der Waals surface area contributed by atoms with Crippen molar-refractivity contribution in [2.75, 3.05) is 0 Å². The normalized spacial score (nSPS) is 23.0. The van der Waals surface area contributed by atoms with Crippen LogP contribution < -0.4 is 5.73 Å². The molecule has 4 N–H and O–H groups in total. The summed E-state index contributed by atoms with van der Waals surface area (Å²) in [6.45, 7) is 0. The Hall–Kier alpha value is -1.91. The largest absolute Gasteiger partial charge is 0.507 e. The molecule has 1 aromatic carbocycles. The lowest BCUT2D eigenvalue weighted by Gasteiger charge is -2.27. The van der Waals surface area contributed by atoms with E-state index in [-0.39, 0.29) is 23.5 Å². The van der Waals surface area contributed by atoms with Crippen molar-refractivity contribution in [1.29, 1.82) is 5.41 Å². The molecule has 0 unspecified atom stereocenters. The standard InChI is InChI=1S/C14H17FN2O2/c15-10-5-6-11(12(18)7-10)13(16)8-1-3-9(4-2-8)14(17)19/h5-9,16,18H,1-4H2,(H2,17,19). The Kier molecular flexibility index (Phi) is 3.83. The smallest absolute Gasteiger partial charge is 0.220 e. The molecular formula is C14H17FN2O2. The van der Waals surface area contributed by atoms with E-state index < -0.39 is 5.82 Å². The number of carbonyl (C=O) groups excluding carboxylic acids is 1. The van der Waals surface area contributed by atoms with Crippen LogP contribution in [0, 0.1) is 23.1 Å². The summed E-state index contributed by atoms with van der Waals surface area (Å²) in [6.07, 6.45) is 2.74. The summed E-state index contributed by atoms with van der Waals surface area (Å²) in [6, 6.07) is 3.67. The van der Waals surface area contributed by atoms with E-state index in [4.69, 9.17) is 11.1 Å². The summed E-state index contributed by atoms with van der Waals surface area (Å²) in [5, 5.41) is 17.8. The monoisotopic (exact) mass is 264 g/mol. The fourth-order valence-corrected chi connectivity index (χ4v) is 2.62. The molecule has 1 saturated carbocycles. The fraction of sp³-hybridized carbons (Fsp3) is 0.429. The molecule has 1 aliphatic rings. The number of primary amides is 1. The second-order valence-electron chi connectivity index (χ2n) is 5.03. The number of phenols is 1. The molecule has 1 amide bonds. The van der Waals surface area contributed by atoms with E-state index in [2.05, 4.69) is 0 Å². The van der Waals surface area contributed by atoms with Gasteiger partial charge in [0, 0.05) is 29.2 Å². The number of carbonyl (C=O) groups is 1. The number of benzene rings is 1. The molecule has 4 nitrogen and oxygen atoms in total. The topological polar surface area (TPSA) is 87.2 Å². The van der Waals surface area contributed by atoms with Crippen molar-refractivity contribution in [2.24, 2.45) is 17.6 Å². The summed E-state index contributed by atoms with van der Waals surface area (Å²) in [5.74, 6) is -1.12. The van der Waals surface area contributed by atoms with Gasteiger partial charge in [0.25, 0.3) is 0 Å². The average Bonchev–Trinajstić information content (AvgIpc) is 2.38. The summed E-state index contributed by atoms with van der Waals surface area (Å²) in [7, 11) is 0. The van der Waals surface area contributed by atoms with E-state index in [1.165, 1.54) is 12.1 Å². The maximum Gasteiger partial charge on any atom is 0.220 e. The first-order valence-corrected chi connectivity index (χ1v) is 6.35. The van der Waals surface area contributed by atoms with E-state index in [1.807, 2.05) is 0 Å². The molecule has 0 aromatic heterocycles. The van der Waals surface area contributed by atoms with Crippen molar-refractivity contribution in [3.8, 4) is 5.75 Å². The third-order valence-corrected chi connectivity index (χ3v) is 3.79. The second-order valence-corrected chi connectivity index (χ2v) is 5.03. The maximum atomic E-state index is 12.9. The van der Waals surface area contributed by atoms with Gasteiger partial charge < -0.3 is 16.2 Å². The summed E-state index contributed by atoms with van der Waals surface area (Å²) in [4.78, 5) is 11.1. The van der Waals surface area contributed by atoms with Crippen LogP contribution in [-0.4, -0.2) is 16.7 Å². The highest BCUT2D eigenvalue weighted by Crippen LogP contribution is 2.32. The third kappa shape index (κ3) is 2.92. The Morgan fingerprint density at radius 3 is 2.37 bits per heavy atom. The number of rotatable bonds is 3. The van der Waals surface area contributed by atoms with E-state index >= 15 is 0 Å². The molecule has 102 valence electrons. The van der Waals surface area contributed by atoms with Gasteiger partial charge in [0.1, 0.15) is 11.6 Å². The van der Waals surface area contributed by atoms with E-state index in [0.29, 0.717) is 37.0 Å². The molecular weight excluding hydrogens is 247 g/mol. The Labute approximate surface area is 110 Å². The van der Waals surface area contributed by atoms with Crippen LogP contribution in [0.2, 0.25) is 0 Å². The molecule has 19 heavy (non-hydrogen) atoms. The Bertz CT molecular complexity index is 508. The van der Waals surface area contributed by atoms with Crippen molar-refractivity contribution >= 4 is 11.6 Å². The lowest BCUT2D eigenvalue weighted by molar-refractivity contribution is -0.122. The van der Waals surface area contributed by atoms with Crippen LogP contribution in [0.4, 0.5) is 4.39 Å². The molecule has 2 rings (SSSR count). The minimum Gasteiger partial charge on any atom is -0.507 e. The molecule has 0 radical (unpaired) electrons. The van der Waals surface area contributed by atoms with Gasteiger partial charge >= 0.3 is 0 Å². The van der Waals surface area contributed by atoms with Crippen LogP contribution in [0.25, 0.3) is 0 Å². The van der Waals surface area contributed by atoms with Gasteiger partial charge in [-0.25, -0.2) is 4.39 Å². The lowest BCUT2D eigenvalue weighted by Crippen LogP contribution is -2.30. The first-order chi connectivity index (χ1) is 8.99. The number of halogens is 1. The van der Waals surface area contributed by atoms with Crippen molar-refractivity contribution in [2.45, 2.75) is 25.7 Å². The van der Waals surface area contributed by atoms with Gasteiger partial charge in [-0.1, -0.05) is 0 Å². The first-order valence-electron chi connectivity index (χ1n) is 6.35. The van der Waals surface area contributed by atoms with Crippen molar-refractivity contribution in [1.82, 2.24) is 0 Å². The summed E-state index contributed by atoms with van der Waals surface area (Å²) in [5.41, 5.74) is 5.94. The molecule has 5 heteroatoms. The summed E-state index contributed by atoms with van der Waals surface area (Å²) < 4.78 is 12.9. The van der Waals surface area contributed by atoms with Crippen LogP contribution in [0.1, 0.15) is 31.2 Å². The SMILES string of the molecule is N=C(c1ccc(F)cc1O)C1CCC(C(N)=O)CC1. The van der Waals surface area contributed by atoms with E-state index in [1.54, 1.807) is 0 Å². The van der Waals surface area contributed by atoms with Gasteiger partial charge in [0.2, 0.25) is 5.91 Å². The molecule has 1 aliphatic carbocycles. The number of aromatic hydroxyl groups is 1. The van der Waals surface area contributed by atoms with Gasteiger partial charge in [-0.3, -0.25) is 4.79 Å². The zero-order valence-electron chi connectivity index (χ0n) is 10.5. The molecule has 1 fully saturated rings. The van der Waals surface area contributed by atoms with Gasteiger partial charge in [0.05, 0.1) is 0 Å². The van der Waals surface area contributed by atoms with Crippen molar-refractivity contribution < 1.29 is 14.3 Å². The third-order valence-electron chi connectivity index (χ3n) is 3.79. The molecule has 0 aliphatic heterocycles. The Morgan fingerprint density at radius 2 is 1.84 bits per heavy atom. The predicted molar refractivity (Wildman–Crippen MR) is 69.5 cm³/mol. The van der Waals surface area contributed by atoms with E-state index in [9.17, 15) is 14.3 Å². The molecule has 0 bridgehead atoms. The molecule has 0 heterocycles. The van der Waals surface area contributed by atoms with E-state index in [0.717, 1.165) is 6.07 Å².